The minimum atomic E-state index is -3.91. The smallest absolute Gasteiger partial charge is 0.261 e. The van der Waals surface area contributed by atoms with Gasteiger partial charge in [0, 0.05) is 12.1 Å². The van der Waals surface area contributed by atoms with E-state index in [1.54, 1.807) is 19.1 Å². The summed E-state index contributed by atoms with van der Waals surface area (Å²) in [5.74, 6) is -0.973. The molecule has 7 heteroatoms. The van der Waals surface area contributed by atoms with Crippen LogP contribution in [-0.4, -0.2) is 14.3 Å². The molecule has 2 N–H and O–H groups in total. The molecule has 1 amide bonds. The Balaban J connectivity index is 2.29. The second-order valence-electron chi connectivity index (χ2n) is 5.01. The van der Waals surface area contributed by atoms with E-state index in [1.807, 2.05) is 6.92 Å². The topological polar surface area (TPSA) is 75.3 Å². The van der Waals surface area contributed by atoms with Crippen LogP contribution in [0, 0.1) is 12.7 Å². The zero-order chi connectivity index (χ0) is 17.0. The summed E-state index contributed by atoms with van der Waals surface area (Å²) in [5, 5.41) is 2.55. The number of halogens is 1. The number of hydrogen-bond donors (Lipinski definition) is 2. The molecule has 0 saturated carbocycles. The standard InChI is InChI=1S/C16H17FN2O3S/c1-3-16(20)18-12-6-9-14(17)15(10-12)19-23(21,22)13-7-4-11(2)5-8-13/h4-10,19H,3H2,1-2H3,(H,18,20). The normalized spacial score (nSPS) is 11.1. The van der Waals surface area contributed by atoms with Crippen LogP contribution in [0.1, 0.15) is 18.9 Å². The van der Waals surface area contributed by atoms with Crippen molar-refractivity contribution >= 4 is 27.3 Å². The molecule has 0 fully saturated rings. The first-order valence-corrected chi connectivity index (χ1v) is 8.49. The molecular weight excluding hydrogens is 319 g/mol. The highest BCUT2D eigenvalue weighted by Gasteiger charge is 2.16. The monoisotopic (exact) mass is 336 g/mol. The Hall–Kier alpha value is -2.41. The van der Waals surface area contributed by atoms with Gasteiger partial charge in [0.2, 0.25) is 5.91 Å². The lowest BCUT2D eigenvalue weighted by molar-refractivity contribution is -0.115. The van der Waals surface area contributed by atoms with Gasteiger partial charge >= 0.3 is 0 Å². The maximum atomic E-state index is 13.9. The fraction of sp³-hybridized carbons (Fsp3) is 0.188. The van der Waals surface area contributed by atoms with Gasteiger partial charge in [-0.1, -0.05) is 24.6 Å². The Morgan fingerprint density at radius 3 is 2.39 bits per heavy atom. The van der Waals surface area contributed by atoms with Gasteiger partial charge in [0.15, 0.2) is 0 Å². The van der Waals surface area contributed by atoms with E-state index in [0.717, 1.165) is 11.6 Å². The molecule has 23 heavy (non-hydrogen) atoms. The van der Waals surface area contributed by atoms with Gasteiger partial charge in [0.05, 0.1) is 10.6 Å². The van der Waals surface area contributed by atoms with Gasteiger partial charge in [-0.05, 0) is 37.3 Å². The summed E-state index contributed by atoms with van der Waals surface area (Å²) in [6.07, 6.45) is 0.266. The molecule has 0 radical (unpaired) electrons. The van der Waals surface area contributed by atoms with Crippen molar-refractivity contribution in [3.05, 3.63) is 53.8 Å². The first kappa shape index (κ1) is 17.0. The molecule has 0 saturated heterocycles. The molecule has 0 aliphatic carbocycles. The fourth-order valence-corrected chi connectivity index (χ4v) is 2.91. The maximum Gasteiger partial charge on any atom is 0.261 e. The fourth-order valence-electron chi connectivity index (χ4n) is 1.85. The molecular formula is C16H17FN2O3S. The summed E-state index contributed by atoms with van der Waals surface area (Å²) in [4.78, 5) is 11.4. The largest absolute Gasteiger partial charge is 0.326 e. The number of anilines is 2. The number of carbonyl (C=O) groups excluding carboxylic acids is 1. The van der Waals surface area contributed by atoms with Crippen LogP contribution < -0.4 is 10.0 Å². The van der Waals surface area contributed by atoms with Gasteiger partial charge in [-0.3, -0.25) is 9.52 Å². The number of aryl methyl sites for hydroxylation is 1. The predicted molar refractivity (Wildman–Crippen MR) is 87.3 cm³/mol. The molecule has 0 aliphatic heterocycles. The van der Waals surface area contributed by atoms with E-state index in [-0.39, 0.29) is 22.9 Å². The van der Waals surface area contributed by atoms with E-state index in [4.69, 9.17) is 0 Å². The minimum absolute atomic E-state index is 0.0329. The third kappa shape index (κ3) is 4.29. The van der Waals surface area contributed by atoms with Crippen LogP contribution in [0.3, 0.4) is 0 Å². The van der Waals surface area contributed by atoms with Crippen molar-refractivity contribution in [1.82, 2.24) is 0 Å². The van der Waals surface area contributed by atoms with E-state index in [9.17, 15) is 17.6 Å². The molecule has 0 unspecified atom stereocenters. The van der Waals surface area contributed by atoms with Crippen LogP contribution in [0.5, 0.6) is 0 Å². The van der Waals surface area contributed by atoms with Crippen molar-refractivity contribution < 1.29 is 17.6 Å². The summed E-state index contributed by atoms with van der Waals surface area (Å²) >= 11 is 0. The Kier molecular flexibility index (Phi) is 5.00. The van der Waals surface area contributed by atoms with E-state index in [2.05, 4.69) is 10.0 Å². The molecule has 0 bridgehead atoms. The Bertz CT molecular complexity index is 818. The van der Waals surface area contributed by atoms with E-state index >= 15 is 0 Å². The third-order valence-electron chi connectivity index (χ3n) is 3.15. The lowest BCUT2D eigenvalue weighted by Crippen LogP contribution is -2.15. The zero-order valence-electron chi connectivity index (χ0n) is 12.8. The maximum absolute atomic E-state index is 13.9. The number of nitrogens with one attached hydrogen (secondary N) is 2. The van der Waals surface area contributed by atoms with Crippen LogP contribution in [0.15, 0.2) is 47.4 Å². The first-order valence-electron chi connectivity index (χ1n) is 7.00. The van der Waals surface area contributed by atoms with Crippen LogP contribution in [0.25, 0.3) is 0 Å². The molecule has 5 nitrogen and oxygen atoms in total. The number of amides is 1. The van der Waals surface area contributed by atoms with E-state index in [1.165, 1.54) is 24.3 Å². The second-order valence-corrected chi connectivity index (χ2v) is 6.70. The predicted octanol–water partition coefficient (Wildman–Crippen LogP) is 3.28. The van der Waals surface area contributed by atoms with Crippen LogP contribution in [-0.2, 0) is 14.8 Å². The van der Waals surface area contributed by atoms with Crippen molar-refractivity contribution in [1.29, 1.82) is 0 Å². The molecule has 2 aromatic carbocycles. The molecule has 2 rings (SSSR count). The quantitative estimate of drug-likeness (QED) is 0.880. The molecule has 0 atom stereocenters. The lowest BCUT2D eigenvalue weighted by atomic mass is 10.2. The number of carbonyl (C=O) groups is 1. The van der Waals surface area contributed by atoms with Gasteiger partial charge in [-0.25, -0.2) is 12.8 Å². The van der Waals surface area contributed by atoms with Crippen molar-refractivity contribution in [2.24, 2.45) is 0 Å². The van der Waals surface area contributed by atoms with E-state index in [0.29, 0.717) is 5.69 Å². The van der Waals surface area contributed by atoms with Crippen molar-refractivity contribution in [2.45, 2.75) is 25.2 Å². The van der Waals surface area contributed by atoms with Crippen LogP contribution in [0.4, 0.5) is 15.8 Å². The van der Waals surface area contributed by atoms with Crippen molar-refractivity contribution in [3.8, 4) is 0 Å². The summed E-state index contributed by atoms with van der Waals surface area (Å²) < 4.78 is 40.6. The van der Waals surface area contributed by atoms with E-state index < -0.39 is 15.8 Å². The average molecular weight is 336 g/mol. The SMILES string of the molecule is CCC(=O)Nc1ccc(F)c(NS(=O)(=O)c2ccc(C)cc2)c1. The summed E-state index contributed by atoms with van der Waals surface area (Å²) in [6, 6.07) is 9.90. The zero-order valence-corrected chi connectivity index (χ0v) is 13.6. The molecule has 122 valence electrons. The molecule has 0 aliphatic rings. The number of hydrogen-bond acceptors (Lipinski definition) is 3. The highest BCUT2D eigenvalue weighted by atomic mass is 32.2. The van der Waals surface area contributed by atoms with Gasteiger partial charge in [-0.2, -0.15) is 0 Å². The molecule has 2 aromatic rings. The van der Waals surface area contributed by atoms with Gasteiger partial charge < -0.3 is 5.32 Å². The highest BCUT2D eigenvalue weighted by Crippen LogP contribution is 2.23. The molecule has 0 aromatic heterocycles. The Morgan fingerprint density at radius 2 is 1.78 bits per heavy atom. The van der Waals surface area contributed by atoms with Crippen LogP contribution >= 0.6 is 0 Å². The third-order valence-corrected chi connectivity index (χ3v) is 4.53. The summed E-state index contributed by atoms with van der Waals surface area (Å²) in [7, 11) is -3.91. The Morgan fingerprint density at radius 1 is 1.13 bits per heavy atom. The number of rotatable bonds is 5. The van der Waals surface area contributed by atoms with Crippen molar-refractivity contribution in [2.75, 3.05) is 10.0 Å². The van der Waals surface area contributed by atoms with Crippen LogP contribution in [0.2, 0.25) is 0 Å². The molecule has 0 heterocycles. The molecule has 0 spiro atoms. The first-order chi connectivity index (χ1) is 10.8. The number of sulfonamides is 1. The highest BCUT2D eigenvalue weighted by molar-refractivity contribution is 7.92. The average Bonchev–Trinajstić information content (AvgIpc) is 2.50. The lowest BCUT2D eigenvalue weighted by Gasteiger charge is -2.11. The van der Waals surface area contributed by atoms with Crippen molar-refractivity contribution in [3.63, 3.8) is 0 Å². The van der Waals surface area contributed by atoms with Gasteiger partial charge in [0.1, 0.15) is 5.82 Å². The van der Waals surface area contributed by atoms with Gasteiger partial charge in [0.25, 0.3) is 10.0 Å². The summed E-state index contributed by atoms with van der Waals surface area (Å²) in [6.45, 7) is 3.52. The summed E-state index contributed by atoms with van der Waals surface area (Å²) in [5.41, 5.74) is 1.01. The second kappa shape index (κ2) is 6.78. The Labute approximate surface area is 134 Å². The number of benzene rings is 2. The minimum Gasteiger partial charge on any atom is -0.326 e. The van der Waals surface area contributed by atoms with Gasteiger partial charge in [-0.15, -0.1) is 0 Å².